The largest absolute Gasteiger partial charge is 0.481 e. The Bertz CT molecular complexity index is 431. The molecule has 0 rings (SSSR count). The van der Waals surface area contributed by atoms with Crippen molar-refractivity contribution < 1.29 is 26.7 Å². The Balaban J connectivity index is 4.36. The first-order chi connectivity index (χ1) is 7.07. The Morgan fingerprint density at radius 3 is 1.94 bits per heavy atom. The number of hydrogen-bond donors (Lipinski definition) is 1. The van der Waals surface area contributed by atoms with Gasteiger partial charge in [0.15, 0.2) is 19.7 Å². The van der Waals surface area contributed by atoms with E-state index in [0.29, 0.717) is 0 Å². The molecule has 0 amide bonds. The Morgan fingerprint density at radius 2 is 1.56 bits per heavy atom. The molecule has 0 aliphatic carbocycles. The Labute approximate surface area is 95.5 Å². The van der Waals surface area contributed by atoms with E-state index in [-0.39, 0.29) is 0 Å². The van der Waals surface area contributed by atoms with Crippen LogP contribution in [-0.4, -0.2) is 50.4 Å². The van der Waals surface area contributed by atoms with Gasteiger partial charge in [-0.05, 0) is 13.8 Å². The van der Waals surface area contributed by atoms with E-state index in [4.69, 9.17) is 5.11 Å². The Hall–Kier alpha value is -0.630. The van der Waals surface area contributed by atoms with Crippen LogP contribution < -0.4 is 0 Å². The minimum Gasteiger partial charge on any atom is -0.481 e. The molecule has 0 aromatic carbocycles. The third-order valence-corrected chi connectivity index (χ3v) is 6.14. The summed E-state index contributed by atoms with van der Waals surface area (Å²) in [5.41, 5.74) is 0. The van der Waals surface area contributed by atoms with Gasteiger partial charge in [0.25, 0.3) is 0 Å². The minimum absolute atomic E-state index is 0.452. The topological polar surface area (TPSA) is 106 Å². The monoisotopic (exact) mass is 272 g/mol. The van der Waals surface area contributed by atoms with Gasteiger partial charge in [-0.25, -0.2) is 16.8 Å². The van der Waals surface area contributed by atoms with Crippen LogP contribution in [0.25, 0.3) is 0 Å². The summed E-state index contributed by atoms with van der Waals surface area (Å²) in [5, 5.41) is 7.69. The fraction of sp³-hybridized carbons (Fsp3) is 0.875. The van der Waals surface area contributed by atoms with Crippen molar-refractivity contribution in [2.24, 2.45) is 0 Å². The predicted octanol–water partition coefficient (Wildman–Crippen LogP) is -0.301. The average molecular weight is 272 g/mol. The van der Waals surface area contributed by atoms with Crippen molar-refractivity contribution in [1.82, 2.24) is 0 Å². The van der Waals surface area contributed by atoms with Crippen molar-refractivity contribution in [2.45, 2.75) is 25.5 Å². The van der Waals surface area contributed by atoms with Crippen molar-refractivity contribution in [3.63, 3.8) is 0 Å². The summed E-state index contributed by atoms with van der Waals surface area (Å²) < 4.78 is 45.2. The lowest BCUT2D eigenvalue weighted by Gasteiger charge is -2.07. The quantitative estimate of drug-likeness (QED) is 0.682. The van der Waals surface area contributed by atoms with Crippen molar-refractivity contribution in [2.75, 3.05) is 17.3 Å². The summed E-state index contributed by atoms with van der Waals surface area (Å²) in [6.45, 7) is 2.94. The van der Waals surface area contributed by atoms with Crippen molar-refractivity contribution in [3.8, 4) is 0 Å². The van der Waals surface area contributed by atoms with Crippen molar-refractivity contribution in [3.05, 3.63) is 0 Å². The van der Waals surface area contributed by atoms with E-state index in [1.54, 1.807) is 0 Å². The lowest BCUT2D eigenvalue weighted by Crippen LogP contribution is -2.25. The number of rotatable bonds is 7. The summed E-state index contributed by atoms with van der Waals surface area (Å²) in [7, 11) is -7.00. The molecule has 0 unspecified atom stereocenters. The zero-order valence-electron chi connectivity index (χ0n) is 9.21. The lowest BCUT2D eigenvalue weighted by molar-refractivity contribution is -0.136. The Morgan fingerprint density at radius 1 is 1.06 bits per heavy atom. The number of hydrogen-bond acceptors (Lipinski definition) is 5. The second-order valence-corrected chi connectivity index (χ2v) is 8.69. The first-order valence-corrected chi connectivity index (χ1v) is 8.24. The zero-order chi connectivity index (χ0) is 13.0. The van der Waals surface area contributed by atoms with Gasteiger partial charge in [0, 0.05) is 0 Å². The van der Waals surface area contributed by atoms with Crippen molar-refractivity contribution >= 4 is 25.6 Å². The second kappa shape index (κ2) is 5.62. The van der Waals surface area contributed by atoms with Gasteiger partial charge < -0.3 is 5.11 Å². The van der Waals surface area contributed by atoms with E-state index < -0.39 is 54.6 Å². The summed E-state index contributed by atoms with van der Waals surface area (Å²) >= 11 is 0. The summed E-state index contributed by atoms with van der Waals surface area (Å²) in [6, 6.07) is 0. The van der Waals surface area contributed by atoms with Crippen LogP contribution in [0.2, 0.25) is 0 Å². The van der Waals surface area contributed by atoms with Crippen LogP contribution in [0.15, 0.2) is 0 Å². The molecule has 0 aromatic rings. The van der Waals surface area contributed by atoms with Crippen LogP contribution in [0.4, 0.5) is 0 Å². The van der Waals surface area contributed by atoms with E-state index in [1.807, 2.05) is 0 Å². The standard InChI is InChI=1S/C8H16O6S2/c1-7(2)16(13,14)6-5-15(11,12)4-3-8(9)10/h7H,3-6H2,1-2H3,(H,9,10). The molecule has 0 fully saturated rings. The number of sulfone groups is 2. The lowest BCUT2D eigenvalue weighted by atomic mass is 10.5. The van der Waals surface area contributed by atoms with Gasteiger partial charge in [-0.15, -0.1) is 0 Å². The van der Waals surface area contributed by atoms with Gasteiger partial charge in [-0.3, -0.25) is 4.79 Å². The van der Waals surface area contributed by atoms with Gasteiger partial charge in [-0.1, -0.05) is 0 Å². The molecule has 96 valence electrons. The third-order valence-electron chi connectivity index (χ3n) is 2.02. The fourth-order valence-corrected chi connectivity index (χ4v) is 3.93. The molecular weight excluding hydrogens is 256 g/mol. The molecule has 0 aliphatic rings. The smallest absolute Gasteiger partial charge is 0.304 e. The number of carboxylic acids is 1. The average Bonchev–Trinajstić information content (AvgIpc) is 2.12. The maximum atomic E-state index is 11.3. The number of aliphatic carboxylic acids is 1. The Kier molecular flexibility index (Phi) is 5.40. The number of carbonyl (C=O) groups is 1. The van der Waals surface area contributed by atoms with E-state index in [0.717, 1.165) is 0 Å². The highest BCUT2D eigenvalue weighted by Gasteiger charge is 2.21. The molecule has 0 saturated heterocycles. The molecule has 8 heteroatoms. The molecular formula is C8H16O6S2. The van der Waals surface area contributed by atoms with E-state index >= 15 is 0 Å². The molecule has 0 atom stereocenters. The summed E-state index contributed by atoms with van der Waals surface area (Å²) in [4.78, 5) is 10.2. The van der Waals surface area contributed by atoms with Gasteiger partial charge in [0.1, 0.15) is 0 Å². The van der Waals surface area contributed by atoms with E-state index in [9.17, 15) is 21.6 Å². The summed E-state index contributed by atoms with van der Waals surface area (Å²) in [6.07, 6.45) is -0.496. The second-order valence-electron chi connectivity index (χ2n) is 3.71. The van der Waals surface area contributed by atoms with Crippen molar-refractivity contribution in [1.29, 1.82) is 0 Å². The highest BCUT2D eigenvalue weighted by atomic mass is 32.2. The molecule has 0 aliphatic heterocycles. The molecule has 1 N–H and O–H groups in total. The SMILES string of the molecule is CC(C)S(=O)(=O)CCS(=O)(=O)CCC(=O)O. The number of carboxylic acid groups (broad SMARTS) is 1. The molecule has 0 saturated carbocycles. The summed E-state index contributed by atoms with van der Waals surface area (Å²) in [5.74, 6) is -2.70. The highest BCUT2D eigenvalue weighted by molar-refractivity contribution is 7.95. The van der Waals surface area contributed by atoms with E-state index in [1.165, 1.54) is 13.8 Å². The molecule has 0 spiro atoms. The van der Waals surface area contributed by atoms with Gasteiger partial charge in [0.2, 0.25) is 0 Å². The maximum Gasteiger partial charge on any atom is 0.304 e. The first-order valence-electron chi connectivity index (χ1n) is 4.70. The van der Waals surface area contributed by atoms with Crippen LogP contribution in [0.3, 0.4) is 0 Å². The van der Waals surface area contributed by atoms with Crippen LogP contribution >= 0.6 is 0 Å². The van der Waals surface area contributed by atoms with Gasteiger partial charge in [0.05, 0.1) is 28.9 Å². The maximum absolute atomic E-state index is 11.3. The fourth-order valence-electron chi connectivity index (χ4n) is 0.824. The zero-order valence-corrected chi connectivity index (χ0v) is 10.8. The van der Waals surface area contributed by atoms with E-state index in [2.05, 4.69) is 0 Å². The minimum atomic E-state index is -3.60. The van der Waals surface area contributed by atoms with Crippen LogP contribution in [0.1, 0.15) is 20.3 Å². The van der Waals surface area contributed by atoms with Crippen LogP contribution in [-0.2, 0) is 24.5 Å². The molecule has 0 heterocycles. The first kappa shape index (κ1) is 15.4. The molecule has 6 nitrogen and oxygen atoms in total. The van der Waals surface area contributed by atoms with Gasteiger partial charge in [-0.2, -0.15) is 0 Å². The van der Waals surface area contributed by atoms with Crippen LogP contribution in [0, 0.1) is 0 Å². The third kappa shape index (κ3) is 6.06. The highest BCUT2D eigenvalue weighted by Crippen LogP contribution is 2.03. The molecule has 16 heavy (non-hydrogen) atoms. The molecule has 0 aromatic heterocycles. The molecule has 0 radical (unpaired) electrons. The van der Waals surface area contributed by atoms with Crippen LogP contribution in [0.5, 0.6) is 0 Å². The predicted molar refractivity (Wildman–Crippen MR) is 59.8 cm³/mol. The molecule has 0 bridgehead atoms. The van der Waals surface area contributed by atoms with Gasteiger partial charge >= 0.3 is 5.97 Å². The normalized spacial score (nSPS) is 12.9.